The summed E-state index contributed by atoms with van der Waals surface area (Å²) in [6, 6.07) is 0. The van der Waals surface area contributed by atoms with Crippen LogP contribution in [0.3, 0.4) is 0 Å². The van der Waals surface area contributed by atoms with E-state index in [1.165, 1.54) is 58.2 Å². The summed E-state index contributed by atoms with van der Waals surface area (Å²) in [5.74, 6) is 0.850. The minimum absolute atomic E-state index is 0.551. The second kappa shape index (κ2) is 6.58. The Morgan fingerprint density at radius 3 is 2.88 bits per heavy atom. The summed E-state index contributed by atoms with van der Waals surface area (Å²) >= 11 is 0. The van der Waals surface area contributed by atoms with Crippen LogP contribution in [-0.2, 0) is 4.74 Å². The van der Waals surface area contributed by atoms with Gasteiger partial charge in [-0.1, -0.05) is 0 Å². The Morgan fingerprint density at radius 2 is 2.12 bits per heavy atom. The molecule has 2 aliphatic rings. The summed E-state index contributed by atoms with van der Waals surface area (Å²) in [5.41, 5.74) is 5.64. The predicted molar refractivity (Wildman–Crippen MR) is 66.4 cm³/mol. The number of hydrogen-bond donors (Lipinski definition) is 1. The van der Waals surface area contributed by atoms with E-state index >= 15 is 0 Å². The number of rotatable bonds is 5. The molecular formula is C13H26N2O. The van der Waals surface area contributed by atoms with Gasteiger partial charge in [0.2, 0.25) is 0 Å². The molecule has 0 saturated carbocycles. The van der Waals surface area contributed by atoms with Crippen LogP contribution in [0.15, 0.2) is 0 Å². The minimum Gasteiger partial charge on any atom is -0.378 e. The average Bonchev–Trinajstić information content (AvgIpc) is 2.80. The SMILES string of the molecule is NCCC1CCCN(CCC2CCCO2)C1. The number of piperidine rings is 1. The molecule has 2 N–H and O–H groups in total. The predicted octanol–water partition coefficient (Wildman–Crippen LogP) is 1.62. The van der Waals surface area contributed by atoms with E-state index in [0.717, 1.165) is 19.1 Å². The highest BCUT2D eigenvalue weighted by molar-refractivity contribution is 4.75. The van der Waals surface area contributed by atoms with Gasteiger partial charge >= 0.3 is 0 Å². The van der Waals surface area contributed by atoms with Gasteiger partial charge in [0.25, 0.3) is 0 Å². The maximum absolute atomic E-state index is 5.67. The summed E-state index contributed by atoms with van der Waals surface area (Å²) < 4.78 is 5.67. The normalized spacial score (nSPS) is 32.1. The van der Waals surface area contributed by atoms with Crippen molar-refractivity contribution in [2.24, 2.45) is 11.7 Å². The zero-order valence-corrected chi connectivity index (χ0v) is 10.4. The van der Waals surface area contributed by atoms with E-state index in [1.807, 2.05) is 0 Å². The summed E-state index contributed by atoms with van der Waals surface area (Å²) in [7, 11) is 0. The fourth-order valence-electron chi connectivity index (χ4n) is 3.02. The lowest BCUT2D eigenvalue weighted by atomic mass is 9.94. The molecule has 2 fully saturated rings. The zero-order chi connectivity index (χ0) is 11.2. The highest BCUT2D eigenvalue weighted by atomic mass is 16.5. The molecule has 3 heteroatoms. The second-order valence-electron chi connectivity index (χ2n) is 5.31. The molecule has 0 bridgehead atoms. The molecule has 0 radical (unpaired) electrons. The van der Waals surface area contributed by atoms with Gasteiger partial charge in [-0.25, -0.2) is 0 Å². The Bertz CT molecular complexity index is 190. The van der Waals surface area contributed by atoms with Gasteiger partial charge in [0.15, 0.2) is 0 Å². The maximum Gasteiger partial charge on any atom is 0.0588 e. The van der Waals surface area contributed by atoms with E-state index in [1.54, 1.807) is 0 Å². The van der Waals surface area contributed by atoms with Crippen LogP contribution in [0.25, 0.3) is 0 Å². The lowest BCUT2D eigenvalue weighted by molar-refractivity contribution is 0.0826. The second-order valence-corrected chi connectivity index (χ2v) is 5.31. The van der Waals surface area contributed by atoms with Crippen LogP contribution in [0.5, 0.6) is 0 Å². The fraction of sp³-hybridized carbons (Fsp3) is 1.00. The third kappa shape index (κ3) is 3.72. The Balaban J connectivity index is 1.64. The van der Waals surface area contributed by atoms with Crippen molar-refractivity contribution in [1.29, 1.82) is 0 Å². The Hall–Kier alpha value is -0.120. The summed E-state index contributed by atoms with van der Waals surface area (Å²) in [4.78, 5) is 2.62. The Morgan fingerprint density at radius 1 is 1.19 bits per heavy atom. The van der Waals surface area contributed by atoms with E-state index in [4.69, 9.17) is 10.5 Å². The van der Waals surface area contributed by atoms with E-state index in [9.17, 15) is 0 Å². The van der Waals surface area contributed by atoms with E-state index < -0.39 is 0 Å². The van der Waals surface area contributed by atoms with Crippen molar-refractivity contribution in [3.8, 4) is 0 Å². The molecule has 0 amide bonds. The topological polar surface area (TPSA) is 38.5 Å². The maximum atomic E-state index is 5.67. The van der Waals surface area contributed by atoms with Gasteiger partial charge in [-0.05, 0) is 57.5 Å². The van der Waals surface area contributed by atoms with Crippen molar-refractivity contribution in [2.45, 2.75) is 44.6 Å². The molecule has 0 aromatic rings. The molecule has 2 unspecified atom stereocenters. The largest absolute Gasteiger partial charge is 0.378 e. The third-order valence-electron chi connectivity index (χ3n) is 3.97. The Kier molecular flexibility index (Phi) is 5.07. The van der Waals surface area contributed by atoms with E-state index in [2.05, 4.69) is 4.90 Å². The van der Waals surface area contributed by atoms with Gasteiger partial charge in [0, 0.05) is 19.7 Å². The smallest absolute Gasteiger partial charge is 0.0588 e. The molecule has 0 aromatic carbocycles. The highest BCUT2D eigenvalue weighted by Gasteiger charge is 2.21. The van der Waals surface area contributed by atoms with Crippen LogP contribution >= 0.6 is 0 Å². The monoisotopic (exact) mass is 226 g/mol. The van der Waals surface area contributed by atoms with Gasteiger partial charge < -0.3 is 15.4 Å². The molecule has 2 aliphatic heterocycles. The standard InChI is InChI=1S/C13H26N2O/c14-7-5-12-3-1-8-15(11-12)9-6-13-4-2-10-16-13/h12-13H,1-11,14H2. The molecule has 0 aliphatic carbocycles. The van der Waals surface area contributed by atoms with Gasteiger partial charge in [-0.3, -0.25) is 0 Å². The van der Waals surface area contributed by atoms with Gasteiger partial charge in [0.05, 0.1) is 6.10 Å². The lowest BCUT2D eigenvalue weighted by Gasteiger charge is -2.33. The molecule has 0 spiro atoms. The highest BCUT2D eigenvalue weighted by Crippen LogP contribution is 2.21. The first-order valence-electron chi connectivity index (χ1n) is 6.92. The van der Waals surface area contributed by atoms with Crippen LogP contribution in [0.2, 0.25) is 0 Å². The summed E-state index contributed by atoms with van der Waals surface area (Å²) in [5, 5.41) is 0. The van der Waals surface area contributed by atoms with E-state index in [0.29, 0.717) is 6.10 Å². The van der Waals surface area contributed by atoms with Gasteiger partial charge in [-0.2, -0.15) is 0 Å². The first kappa shape index (κ1) is 12.3. The first-order valence-corrected chi connectivity index (χ1v) is 6.92. The molecular weight excluding hydrogens is 200 g/mol. The Labute approximate surface area is 99.3 Å². The van der Waals surface area contributed by atoms with Crippen molar-refractivity contribution >= 4 is 0 Å². The van der Waals surface area contributed by atoms with Crippen molar-refractivity contribution in [2.75, 3.05) is 32.8 Å². The minimum atomic E-state index is 0.551. The zero-order valence-electron chi connectivity index (χ0n) is 10.4. The van der Waals surface area contributed by atoms with Crippen molar-refractivity contribution < 1.29 is 4.74 Å². The number of hydrogen-bond acceptors (Lipinski definition) is 3. The average molecular weight is 226 g/mol. The van der Waals surface area contributed by atoms with E-state index in [-0.39, 0.29) is 0 Å². The number of nitrogens with two attached hydrogens (primary N) is 1. The number of likely N-dealkylation sites (tertiary alicyclic amines) is 1. The van der Waals surface area contributed by atoms with Crippen molar-refractivity contribution in [3.05, 3.63) is 0 Å². The van der Waals surface area contributed by atoms with Gasteiger partial charge in [-0.15, -0.1) is 0 Å². The van der Waals surface area contributed by atoms with Crippen LogP contribution in [0, 0.1) is 5.92 Å². The van der Waals surface area contributed by atoms with Gasteiger partial charge in [0.1, 0.15) is 0 Å². The number of nitrogens with zero attached hydrogens (tertiary/aromatic N) is 1. The first-order chi connectivity index (χ1) is 7.88. The van der Waals surface area contributed by atoms with Crippen molar-refractivity contribution in [3.63, 3.8) is 0 Å². The van der Waals surface area contributed by atoms with Crippen LogP contribution in [0.4, 0.5) is 0 Å². The molecule has 2 atom stereocenters. The van der Waals surface area contributed by atoms with Crippen LogP contribution in [0.1, 0.15) is 38.5 Å². The molecule has 2 heterocycles. The summed E-state index contributed by atoms with van der Waals surface area (Å²) in [6.45, 7) is 5.62. The van der Waals surface area contributed by atoms with Crippen LogP contribution < -0.4 is 5.73 Å². The van der Waals surface area contributed by atoms with Crippen LogP contribution in [-0.4, -0.2) is 43.8 Å². The molecule has 16 heavy (non-hydrogen) atoms. The van der Waals surface area contributed by atoms with Crippen molar-refractivity contribution in [1.82, 2.24) is 4.90 Å². The molecule has 2 saturated heterocycles. The molecule has 94 valence electrons. The molecule has 0 aromatic heterocycles. The molecule has 2 rings (SSSR count). The molecule has 3 nitrogen and oxygen atoms in total. The third-order valence-corrected chi connectivity index (χ3v) is 3.97. The number of ether oxygens (including phenoxy) is 1. The lowest BCUT2D eigenvalue weighted by Crippen LogP contribution is -2.37. The quantitative estimate of drug-likeness (QED) is 0.774. The fourth-order valence-corrected chi connectivity index (χ4v) is 3.02. The summed E-state index contributed by atoms with van der Waals surface area (Å²) in [6.07, 6.45) is 8.27.